The van der Waals surface area contributed by atoms with Crippen molar-refractivity contribution in [3.05, 3.63) is 40.7 Å². The van der Waals surface area contributed by atoms with Crippen molar-refractivity contribution in [2.75, 3.05) is 18.4 Å². The Labute approximate surface area is 139 Å². The van der Waals surface area contributed by atoms with Crippen LogP contribution in [0, 0.1) is 18.7 Å². The van der Waals surface area contributed by atoms with Gasteiger partial charge in [0, 0.05) is 18.8 Å². The van der Waals surface area contributed by atoms with Gasteiger partial charge in [-0.2, -0.15) is 0 Å². The monoisotopic (exact) mass is 333 g/mol. The van der Waals surface area contributed by atoms with Crippen LogP contribution in [0.25, 0.3) is 0 Å². The van der Waals surface area contributed by atoms with Crippen LogP contribution in [0.15, 0.2) is 24.3 Å². The van der Waals surface area contributed by atoms with Gasteiger partial charge in [-0.15, -0.1) is 0 Å². The predicted octanol–water partition coefficient (Wildman–Crippen LogP) is 4.21. The number of thiazole rings is 1. The number of halogens is 1. The first kappa shape index (κ1) is 15.9. The van der Waals surface area contributed by atoms with Crippen LogP contribution >= 0.6 is 11.3 Å². The van der Waals surface area contributed by atoms with Crippen LogP contribution in [0.2, 0.25) is 0 Å². The third-order valence-corrected chi connectivity index (χ3v) is 5.22. The molecule has 0 saturated carbocycles. The molecule has 1 aliphatic rings. The fourth-order valence-corrected chi connectivity index (χ4v) is 3.61. The van der Waals surface area contributed by atoms with Gasteiger partial charge < -0.3 is 10.2 Å². The molecule has 23 heavy (non-hydrogen) atoms. The van der Waals surface area contributed by atoms with E-state index in [0.29, 0.717) is 15.9 Å². The minimum Gasteiger partial charge on any atom is -0.338 e. The number of likely N-dealkylation sites (tertiary alicyclic amines) is 1. The molecule has 2 aromatic rings. The summed E-state index contributed by atoms with van der Waals surface area (Å²) in [7, 11) is 0. The Balaban J connectivity index is 1.72. The first-order valence-electron chi connectivity index (χ1n) is 7.82. The Kier molecular flexibility index (Phi) is 4.61. The molecule has 4 nitrogen and oxygen atoms in total. The summed E-state index contributed by atoms with van der Waals surface area (Å²) in [6, 6.07) is 6.09. The number of hydrogen-bond acceptors (Lipinski definition) is 4. The number of rotatable bonds is 3. The number of piperidine rings is 1. The molecule has 0 unspecified atom stereocenters. The molecule has 1 N–H and O–H groups in total. The van der Waals surface area contributed by atoms with Gasteiger partial charge in [0.25, 0.3) is 5.91 Å². The average molecular weight is 333 g/mol. The lowest BCUT2D eigenvalue weighted by Crippen LogP contribution is -2.37. The number of aromatic nitrogens is 1. The largest absolute Gasteiger partial charge is 0.338 e. The lowest BCUT2D eigenvalue weighted by atomic mass is 9.99. The van der Waals surface area contributed by atoms with Gasteiger partial charge in [0.15, 0.2) is 5.13 Å². The molecule has 1 aromatic carbocycles. The molecule has 1 saturated heterocycles. The molecule has 1 fully saturated rings. The van der Waals surface area contributed by atoms with E-state index in [2.05, 4.69) is 17.2 Å². The third kappa shape index (κ3) is 3.69. The van der Waals surface area contributed by atoms with Crippen molar-refractivity contribution >= 4 is 28.1 Å². The van der Waals surface area contributed by atoms with Gasteiger partial charge in [-0.25, -0.2) is 9.37 Å². The van der Waals surface area contributed by atoms with Gasteiger partial charge in [-0.1, -0.05) is 18.3 Å². The number of carbonyl (C=O) groups excluding carboxylic acids is 1. The fourth-order valence-electron chi connectivity index (χ4n) is 2.66. The van der Waals surface area contributed by atoms with E-state index in [1.165, 1.54) is 23.5 Å². The standard InChI is InChI=1S/C17H20FN3OS/c1-11-7-9-21(10-8-11)16(22)15-12(2)19-17(23-15)20-14-5-3-13(18)4-6-14/h3-6,11H,7-10H2,1-2H3,(H,19,20). The Morgan fingerprint density at radius 3 is 2.61 bits per heavy atom. The number of benzene rings is 1. The second kappa shape index (κ2) is 6.66. The first-order valence-corrected chi connectivity index (χ1v) is 8.64. The molecule has 0 radical (unpaired) electrons. The van der Waals surface area contributed by atoms with E-state index in [0.717, 1.165) is 37.3 Å². The van der Waals surface area contributed by atoms with Crippen molar-refractivity contribution < 1.29 is 9.18 Å². The number of anilines is 2. The highest BCUT2D eigenvalue weighted by Gasteiger charge is 2.25. The van der Waals surface area contributed by atoms with E-state index in [9.17, 15) is 9.18 Å². The van der Waals surface area contributed by atoms with Crippen molar-refractivity contribution in [3.8, 4) is 0 Å². The topological polar surface area (TPSA) is 45.2 Å². The van der Waals surface area contributed by atoms with Crippen LogP contribution < -0.4 is 5.32 Å². The molecule has 0 bridgehead atoms. The minimum atomic E-state index is -0.277. The summed E-state index contributed by atoms with van der Waals surface area (Å²) in [5.41, 5.74) is 1.49. The van der Waals surface area contributed by atoms with Crippen LogP contribution in [-0.2, 0) is 0 Å². The highest BCUT2D eigenvalue weighted by molar-refractivity contribution is 7.17. The van der Waals surface area contributed by atoms with Crippen molar-refractivity contribution in [1.29, 1.82) is 0 Å². The van der Waals surface area contributed by atoms with E-state index < -0.39 is 0 Å². The van der Waals surface area contributed by atoms with E-state index in [1.54, 1.807) is 12.1 Å². The summed E-state index contributed by atoms with van der Waals surface area (Å²) >= 11 is 1.35. The van der Waals surface area contributed by atoms with Crippen molar-refractivity contribution in [2.45, 2.75) is 26.7 Å². The van der Waals surface area contributed by atoms with E-state index in [-0.39, 0.29) is 11.7 Å². The van der Waals surface area contributed by atoms with Crippen LogP contribution in [0.1, 0.15) is 35.1 Å². The summed E-state index contributed by atoms with van der Waals surface area (Å²) in [4.78, 5) is 19.7. The lowest BCUT2D eigenvalue weighted by molar-refractivity contribution is 0.0701. The molecule has 0 spiro atoms. The Morgan fingerprint density at radius 1 is 1.30 bits per heavy atom. The molecule has 1 amide bonds. The van der Waals surface area contributed by atoms with Crippen molar-refractivity contribution in [3.63, 3.8) is 0 Å². The van der Waals surface area contributed by atoms with Crippen LogP contribution in [0.5, 0.6) is 0 Å². The summed E-state index contributed by atoms with van der Waals surface area (Å²) in [5.74, 6) is 0.484. The zero-order valence-corrected chi connectivity index (χ0v) is 14.1. The minimum absolute atomic E-state index is 0.0686. The predicted molar refractivity (Wildman–Crippen MR) is 90.8 cm³/mol. The van der Waals surface area contributed by atoms with Crippen molar-refractivity contribution in [1.82, 2.24) is 9.88 Å². The average Bonchev–Trinajstić information content (AvgIpc) is 2.90. The molecular weight excluding hydrogens is 313 g/mol. The molecule has 1 aromatic heterocycles. The molecule has 0 atom stereocenters. The Bertz CT molecular complexity index is 690. The van der Waals surface area contributed by atoms with E-state index in [4.69, 9.17) is 0 Å². The normalized spacial score (nSPS) is 15.7. The lowest BCUT2D eigenvalue weighted by Gasteiger charge is -2.29. The zero-order valence-electron chi connectivity index (χ0n) is 13.3. The molecule has 0 aliphatic carbocycles. The molecule has 6 heteroatoms. The Morgan fingerprint density at radius 2 is 1.96 bits per heavy atom. The molecular formula is C17H20FN3OS. The number of hydrogen-bond donors (Lipinski definition) is 1. The number of nitrogens with zero attached hydrogens (tertiary/aromatic N) is 2. The van der Waals surface area contributed by atoms with Crippen LogP contribution in [0.3, 0.4) is 0 Å². The second-order valence-corrected chi connectivity index (χ2v) is 7.04. The van der Waals surface area contributed by atoms with Gasteiger partial charge in [0.1, 0.15) is 10.7 Å². The SMILES string of the molecule is Cc1nc(Nc2ccc(F)cc2)sc1C(=O)N1CCC(C)CC1. The number of amides is 1. The van der Waals surface area contributed by atoms with E-state index in [1.807, 2.05) is 11.8 Å². The molecule has 3 rings (SSSR count). The fraction of sp³-hybridized carbons (Fsp3) is 0.412. The maximum absolute atomic E-state index is 12.9. The smallest absolute Gasteiger partial charge is 0.265 e. The van der Waals surface area contributed by atoms with Gasteiger partial charge >= 0.3 is 0 Å². The van der Waals surface area contributed by atoms with Gasteiger partial charge in [0.2, 0.25) is 0 Å². The van der Waals surface area contributed by atoms with Gasteiger partial charge in [0.05, 0.1) is 5.69 Å². The van der Waals surface area contributed by atoms with Gasteiger partial charge in [-0.05, 0) is 49.9 Å². The number of carbonyl (C=O) groups is 1. The second-order valence-electron chi connectivity index (χ2n) is 6.04. The molecule has 122 valence electrons. The zero-order chi connectivity index (χ0) is 16.4. The van der Waals surface area contributed by atoms with Crippen LogP contribution in [0.4, 0.5) is 15.2 Å². The van der Waals surface area contributed by atoms with E-state index >= 15 is 0 Å². The highest BCUT2D eigenvalue weighted by atomic mass is 32.1. The summed E-state index contributed by atoms with van der Waals surface area (Å²) < 4.78 is 12.9. The van der Waals surface area contributed by atoms with Gasteiger partial charge in [-0.3, -0.25) is 4.79 Å². The van der Waals surface area contributed by atoms with Crippen LogP contribution in [-0.4, -0.2) is 28.9 Å². The summed E-state index contributed by atoms with van der Waals surface area (Å²) in [5, 5.41) is 3.78. The maximum Gasteiger partial charge on any atom is 0.265 e. The summed E-state index contributed by atoms with van der Waals surface area (Å²) in [6.07, 6.45) is 2.12. The summed E-state index contributed by atoms with van der Waals surface area (Å²) in [6.45, 7) is 5.72. The maximum atomic E-state index is 12.9. The highest BCUT2D eigenvalue weighted by Crippen LogP contribution is 2.28. The number of nitrogens with one attached hydrogen (secondary N) is 1. The quantitative estimate of drug-likeness (QED) is 0.915. The number of aryl methyl sites for hydroxylation is 1. The molecule has 2 heterocycles. The first-order chi connectivity index (χ1) is 11.0. The Hall–Kier alpha value is -1.95. The third-order valence-electron chi connectivity index (χ3n) is 4.16. The molecule has 1 aliphatic heterocycles. The van der Waals surface area contributed by atoms with Crippen molar-refractivity contribution in [2.24, 2.45) is 5.92 Å².